The number of halogens is 2. The molecular formula is C15H21F2NO. The van der Waals surface area contributed by atoms with Crippen LogP contribution in [0.1, 0.15) is 44.8 Å². The van der Waals surface area contributed by atoms with Crippen LogP contribution in [-0.2, 0) is 0 Å². The molecule has 1 aromatic carbocycles. The average molecular weight is 269 g/mol. The van der Waals surface area contributed by atoms with Gasteiger partial charge in [0.15, 0.2) is 11.6 Å². The molecule has 1 fully saturated rings. The van der Waals surface area contributed by atoms with E-state index < -0.39 is 17.7 Å². The van der Waals surface area contributed by atoms with Crippen LogP contribution in [0.15, 0.2) is 18.2 Å². The Morgan fingerprint density at radius 3 is 2.58 bits per heavy atom. The first-order chi connectivity index (χ1) is 8.97. The highest BCUT2D eigenvalue weighted by Gasteiger charge is 2.25. The summed E-state index contributed by atoms with van der Waals surface area (Å²) in [4.78, 5) is 0. The lowest BCUT2D eigenvalue weighted by molar-refractivity contribution is 0.129. The maximum atomic E-state index is 13.2. The number of aliphatic hydroxyl groups excluding tert-OH is 1. The van der Waals surface area contributed by atoms with Crippen LogP contribution in [-0.4, -0.2) is 17.2 Å². The van der Waals surface area contributed by atoms with E-state index in [4.69, 9.17) is 0 Å². The molecule has 1 aliphatic carbocycles. The highest BCUT2D eigenvalue weighted by Crippen LogP contribution is 2.27. The number of benzene rings is 1. The summed E-state index contributed by atoms with van der Waals surface area (Å²) in [6.07, 6.45) is 2.59. The predicted octanol–water partition coefficient (Wildman–Crippen LogP) is 3.16. The molecule has 0 heterocycles. The van der Waals surface area contributed by atoms with Crippen molar-refractivity contribution in [2.75, 3.05) is 0 Å². The number of hydrogen-bond donors (Lipinski definition) is 2. The summed E-state index contributed by atoms with van der Waals surface area (Å²) in [7, 11) is 0. The topological polar surface area (TPSA) is 32.3 Å². The SMILES string of the molecule is CC1CCC(NC(C)C(O)c2ccc(F)c(F)c2)C1. The van der Waals surface area contributed by atoms with E-state index in [-0.39, 0.29) is 6.04 Å². The molecule has 1 aliphatic rings. The van der Waals surface area contributed by atoms with Crippen molar-refractivity contribution in [3.63, 3.8) is 0 Å². The molecule has 2 nitrogen and oxygen atoms in total. The third-order valence-electron chi connectivity index (χ3n) is 3.95. The first-order valence-corrected chi connectivity index (χ1v) is 6.86. The van der Waals surface area contributed by atoms with E-state index in [0.29, 0.717) is 17.5 Å². The monoisotopic (exact) mass is 269 g/mol. The van der Waals surface area contributed by atoms with Crippen molar-refractivity contribution in [1.82, 2.24) is 5.32 Å². The molecule has 2 N–H and O–H groups in total. The minimum Gasteiger partial charge on any atom is -0.387 e. The first kappa shape index (κ1) is 14.4. The van der Waals surface area contributed by atoms with Crippen LogP contribution < -0.4 is 5.32 Å². The molecule has 4 unspecified atom stereocenters. The molecule has 0 saturated heterocycles. The summed E-state index contributed by atoms with van der Waals surface area (Å²) in [6.45, 7) is 4.09. The van der Waals surface area contributed by atoms with Crippen LogP contribution in [0, 0.1) is 17.6 Å². The van der Waals surface area contributed by atoms with Crippen molar-refractivity contribution in [3.05, 3.63) is 35.4 Å². The van der Waals surface area contributed by atoms with Gasteiger partial charge in [0.2, 0.25) is 0 Å². The van der Waals surface area contributed by atoms with Gasteiger partial charge in [0.05, 0.1) is 6.10 Å². The molecule has 0 aromatic heterocycles. The Balaban J connectivity index is 1.98. The summed E-state index contributed by atoms with van der Waals surface area (Å²) in [5.74, 6) is -1.09. The fraction of sp³-hybridized carbons (Fsp3) is 0.600. The maximum absolute atomic E-state index is 13.2. The average Bonchev–Trinajstić information content (AvgIpc) is 2.77. The predicted molar refractivity (Wildman–Crippen MR) is 70.7 cm³/mol. The van der Waals surface area contributed by atoms with E-state index in [1.54, 1.807) is 0 Å². The van der Waals surface area contributed by atoms with E-state index in [2.05, 4.69) is 12.2 Å². The summed E-state index contributed by atoms with van der Waals surface area (Å²) in [5, 5.41) is 13.6. The molecule has 106 valence electrons. The molecule has 4 atom stereocenters. The molecule has 0 radical (unpaired) electrons. The zero-order chi connectivity index (χ0) is 14.0. The van der Waals surface area contributed by atoms with E-state index >= 15 is 0 Å². The van der Waals surface area contributed by atoms with Gasteiger partial charge >= 0.3 is 0 Å². The first-order valence-electron chi connectivity index (χ1n) is 6.86. The van der Waals surface area contributed by atoms with Crippen molar-refractivity contribution < 1.29 is 13.9 Å². The zero-order valence-electron chi connectivity index (χ0n) is 11.4. The second-order valence-corrected chi connectivity index (χ2v) is 5.69. The zero-order valence-corrected chi connectivity index (χ0v) is 11.4. The molecular weight excluding hydrogens is 248 g/mol. The number of aliphatic hydroxyl groups is 1. The van der Waals surface area contributed by atoms with Crippen LogP contribution in [0.3, 0.4) is 0 Å². The van der Waals surface area contributed by atoms with E-state index in [1.807, 2.05) is 6.92 Å². The minimum absolute atomic E-state index is 0.180. The molecule has 0 bridgehead atoms. The summed E-state index contributed by atoms with van der Waals surface area (Å²) < 4.78 is 26.0. The maximum Gasteiger partial charge on any atom is 0.159 e. The summed E-state index contributed by atoms with van der Waals surface area (Å²) in [6, 6.07) is 3.77. The Morgan fingerprint density at radius 2 is 2.00 bits per heavy atom. The Hall–Kier alpha value is -1.00. The largest absolute Gasteiger partial charge is 0.387 e. The Kier molecular flexibility index (Phi) is 4.53. The summed E-state index contributed by atoms with van der Waals surface area (Å²) >= 11 is 0. The van der Waals surface area contributed by atoms with Gasteiger partial charge in [-0.05, 0) is 49.8 Å². The third-order valence-corrected chi connectivity index (χ3v) is 3.95. The molecule has 4 heteroatoms. The standard InChI is InChI=1S/C15H21F2NO/c1-9-3-5-12(7-9)18-10(2)15(19)11-4-6-13(16)14(17)8-11/h4,6,8-10,12,15,18-19H,3,5,7H2,1-2H3. The van der Waals surface area contributed by atoms with Gasteiger partial charge in [-0.15, -0.1) is 0 Å². The highest BCUT2D eigenvalue weighted by atomic mass is 19.2. The van der Waals surface area contributed by atoms with Crippen LogP contribution in [0.5, 0.6) is 0 Å². The van der Waals surface area contributed by atoms with Crippen molar-refractivity contribution >= 4 is 0 Å². The van der Waals surface area contributed by atoms with Gasteiger partial charge in [-0.2, -0.15) is 0 Å². The van der Waals surface area contributed by atoms with Gasteiger partial charge in [0.1, 0.15) is 0 Å². The van der Waals surface area contributed by atoms with Crippen LogP contribution >= 0.6 is 0 Å². The molecule has 1 saturated carbocycles. The van der Waals surface area contributed by atoms with Gasteiger partial charge in [0, 0.05) is 12.1 Å². The van der Waals surface area contributed by atoms with Crippen LogP contribution in [0.25, 0.3) is 0 Å². The van der Waals surface area contributed by atoms with Gasteiger partial charge in [0.25, 0.3) is 0 Å². The fourth-order valence-corrected chi connectivity index (χ4v) is 2.81. The minimum atomic E-state index is -0.918. The molecule has 1 aromatic rings. The second kappa shape index (κ2) is 5.97. The van der Waals surface area contributed by atoms with Crippen molar-refractivity contribution in [3.8, 4) is 0 Å². The fourth-order valence-electron chi connectivity index (χ4n) is 2.81. The molecule has 0 spiro atoms. The smallest absolute Gasteiger partial charge is 0.159 e. The normalized spacial score (nSPS) is 26.4. The Bertz CT molecular complexity index is 438. The van der Waals surface area contributed by atoms with Gasteiger partial charge in [-0.3, -0.25) is 0 Å². The van der Waals surface area contributed by atoms with Gasteiger partial charge in [-0.1, -0.05) is 13.0 Å². The quantitative estimate of drug-likeness (QED) is 0.880. The summed E-state index contributed by atoms with van der Waals surface area (Å²) in [5.41, 5.74) is 0.407. The van der Waals surface area contributed by atoms with Gasteiger partial charge < -0.3 is 10.4 Å². The molecule has 0 amide bonds. The number of nitrogens with one attached hydrogen (secondary N) is 1. The van der Waals surface area contributed by atoms with Gasteiger partial charge in [-0.25, -0.2) is 8.78 Å². The molecule has 19 heavy (non-hydrogen) atoms. The lowest BCUT2D eigenvalue weighted by Gasteiger charge is -2.24. The van der Waals surface area contributed by atoms with E-state index in [1.165, 1.54) is 12.5 Å². The molecule has 0 aliphatic heterocycles. The Morgan fingerprint density at radius 1 is 1.26 bits per heavy atom. The Labute approximate surface area is 112 Å². The van der Waals surface area contributed by atoms with Crippen molar-refractivity contribution in [2.45, 2.75) is 51.3 Å². The van der Waals surface area contributed by atoms with E-state index in [9.17, 15) is 13.9 Å². The van der Waals surface area contributed by atoms with Crippen molar-refractivity contribution in [2.24, 2.45) is 5.92 Å². The number of hydrogen-bond acceptors (Lipinski definition) is 2. The lowest BCUT2D eigenvalue weighted by Crippen LogP contribution is -2.38. The highest BCUT2D eigenvalue weighted by molar-refractivity contribution is 5.21. The third kappa shape index (κ3) is 3.51. The van der Waals surface area contributed by atoms with Crippen LogP contribution in [0.4, 0.5) is 8.78 Å². The molecule has 2 rings (SSSR count). The lowest BCUT2D eigenvalue weighted by atomic mass is 10.0. The second-order valence-electron chi connectivity index (χ2n) is 5.69. The van der Waals surface area contributed by atoms with Crippen LogP contribution in [0.2, 0.25) is 0 Å². The van der Waals surface area contributed by atoms with Crippen molar-refractivity contribution in [1.29, 1.82) is 0 Å². The number of rotatable bonds is 4. The van der Waals surface area contributed by atoms with E-state index in [0.717, 1.165) is 25.0 Å².